The molecule has 140 valence electrons. The van der Waals surface area contributed by atoms with Gasteiger partial charge >= 0.3 is 0 Å². The molecule has 4 heteroatoms. The Morgan fingerprint density at radius 2 is 1.46 bits per heavy atom. The maximum absolute atomic E-state index is 12.5. The highest BCUT2D eigenvalue weighted by Gasteiger charge is 2.23. The summed E-state index contributed by atoms with van der Waals surface area (Å²) in [6.45, 7) is 7.01. The van der Waals surface area contributed by atoms with Gasteiger partial charge in [-0.2, -0.15) is 0 Å². The number of hydrogen-bond donors (Lipinski definition) is 1. The SMILES string of the molecule is Cc1ccc(C(=O)NCC(c2ccc(C)cc2)N2CCCCC2)cc1.Cl. The molecule has 2 aromatic rings. The summed E-state index contributed by atoms with van der Waals surface area (Å²) < 4.78 is 0. The molecule has 1 unspecified atom stereocenters. The average molecular weight is 373 g/mol. The first-order chi connectivity index (χ1) is 12.1. The van der Waals surface area contributed by atoms with E-state index in [2.05, 4.69) is 41.4 Å². The highest BCUT2D eigenvalue weighted by atomic mass is 35.5. The summed E-state index contributed by atoms with van der Waals surface area (Å²) in [6.07, 6.45) is 3.80. The third-order valence-electron chi connectivity index (χ3n) is 5.06. The summed E-state index contributed by atoms with van der Waals surface area (Å²) in [7, 11) is 0. The van der Waals surface area contributed by atoms with Crippen LogP contribution < -0.4 is 5.32 Å². The fourth-order valence-electron chi connectivity index (χ4n) is 3.47. The van der Waals surface area contributed by atoms with E-state index >= 15 is 0 Å². The number of likely N-dealkylation sites (tertiary alicyclic amines) is 1. The van der Waals surface area contributed by atoms with E-state index < -0.39 is 0 Å². The molecule has 1 fully saturated rings. The molecule has 0 aromatic heterocycles. The highest BCUT2D eigenvalue weighted by molar-refractivity contribution is 5.94. The Morgan fingerprint density at radius 3 is 2.04 bits per heavy atom. The van der Waals surface area contributed by atoms with Crippen molar-refractivity contribution in [2.75, 3.05) is 19.6 Å². The lowest BCUT2D eigenvalue weighted by Crippen LogP contribution is -2.40. The van der Waals surface area contributed by atoms with Crippen LogP contribution in [0.5, 0.6) is 0 Å². The predicted molar refractivity (Wildman–Crippen MR) is 110 cm³/mol. The van der Waals surface area contributed by atoms with Gasteiger partial charge in [-0.25, -0.2) is 0 Å². The Labute approximate surface area is 163 Å². The van der Waals surface area contributed by atoms with E-state index in [0.717, 1.165) is 18.7 Å². The maximum Gasteiger partial charge on any atom is 0.251 e. The number of carbonyl (C=O) groups is 1. The van der Waals surface area contributed by atoms with E-state index in [1.54, 1.807) is 0 Å². The van der Waals surface area contributed by atoms with Gasteiger partial charge in [-0.05, 0) is 57.5 Å². The van der Waals surface area contributed by atoms with E-state index in [-0.39, 0.29) is 24.4 Å². The second-order valence-corrected chi connectivity index (χ2v) is 7.10. The van der Waals surface area contributed by atoms with Gasteiger partial charge in [0.15, 0.2) is 0 Å². The van der Waals surface area contributed by atoms with E-state index in [1.807, 2.05) is 31.2 Å². The molecule has 1 amide bonds. The fraction of sp³-hybridized carbons (Fsp3) is 0.409. The van der Waals surface area contributed by atoms with Crippen molar-refractivity contribution in [1.29, 1.82) is 0 Å². The van der Waals surface area contributed by atoms with Crippen LogP contribution in [-0.2, 0) is 0 Å². The van der Waals surface area contributed by atoms with E-state index in [4.69, 9.17) is 0 Å². The van der Waals surface area contributed by atoms with Crippen molar-refractivity contribution in [1.82, 2.24) is 10.2 Å². The largest absolute Gasteiger partial charge is 0.350 e. The van der Waals surface area contributed by atoms with Crippen molar-refractivity contribution in [3.8, 4) is 0 Å². The summed E-state index contributed by atoms with van der Waals surface area (Å²) in [6, 6.07) is 16.7. The lowest BCUT2D eigenvalue weighted by molar-refractivity contribution is 0.0924. The van der Waals surface area contributed by atoms with Crippen molar-refractivity contribution in [3.05, 3.63) is 70.8 Å². The van der Waals surface area contributed by atoms with E-state index in [0.29, 0.717) is 6.54 Å². The third kappa shape index (κ3) is 5.33. The average Bonchev–Trinajstić information content (AvgIpc) is 2.64. The third-order valence-corrected chi connectivity index (χ3v) is 5.06. The Bertz CT molecular complexity index is 691. The second-order valence-electron chi connectivity index (χ2n) is 7.10. The smallest absolute Gasteiger partial charge is 0.251 e. The minimum absolute atomic E-state index is 0. The first-order valence-electron chi connectivity index (χ1n) is 9.29. The van der Waals surface area contributed by atoms with Crippen LogP contribution in [0.2, 0.25) is 0 Å². The topological polar surface area (TPSA) is 32.3 Å². The number of carbonyl (C=O) groups excluding carboxylic acids is 1. The molecule has 3 rings (SSSR count). The molecule has 1 saturated heterocycles. The minimum atomic E-state index is 0. The predicted octanol–water partition coefficient (Wildman–Crippen LogP) is 4.68. The maximum atomic E-state index is 12.5. The van der Waals surface area contributed by atoms with Crippen molar-refractivity contribution >= 4 is 18.3 Å². The zero-order valence-corrected chi connectivity index (χ0v) is 16.5. The zero-order chi connectivity index (χ0) is 17.6. The summed E-state index contributed by atoms with van der Waals surface area (Å²) >= 11 is 0. The van der Waals surface area contributed by atoms with Crippen LogP contribution in [0.3, 0.4) is 0 Å². The quantitative estimate of drug-likeness (QED) is 0.826. The minimum Gasteiger partial charge on any atom is -0.350 e. The molecule has 0 spiro atoms. The Morgan fingerprint density at radius 1 is 0.923 bits per heavy atom. The summed E-state index contributed by atoms with van der Waals surface area (Å²) in [5.74, 6) is 0.00845. The molecule has 1 N–H and O–H groups in total. The van der Waals surface area contributed by atoms with Crippen LogP contribution in [0, 0.1) is 13.8 Å². The molecule has 2 aromatic carbocycles. The number of piperidine rings is 1. The van der Waals surface area contributed by atoms with Crippen molar-refractivity contribution in [3.63, 3.8) is 0 Å². The lowest BCUT2D eigenvalue weighted by Gasteiger charge is -2.35. The van der Waals surface area contributed by atoms with Crippen molar-refractivity contribution in [2.45, 2.75) is 39.2 Å². The fourth-order valence-corrected chi connectivity index (χ4v) is 3.47. The zero-order valence-electron chi connectivity index (χ0n) is 15.7. The number of hydrogen-bond acceptors (Lipinski definition) is 2. The van der Waals surface area contributed by atoms with Gasteiger partial charge in [0.2, 0.25) is 0 Å². The number of halogens is 1. The molecule has 1 atom stereocenters. The number of rotatable bonds is 5. The Hall–Kier alpha value is -1.84. The molecule has 1 aliphatic heterocycles. The van der Waals surface area contributed by atoms with Gasteiger partial charge in [0.1, 0.15) is 0 Å². The summed E-state index contributed by atoms with van der Waals surface area (Å²) in [4.78, 5) is 15.0. The first kappa shape index (κ1) is 20.5. The van der Waals surface area contributed by atoms with Gasteiger partial charge in [0.25, 0.3) is 5.91 Å². The molecule has 1 heterocycles. The van der Waals surface area contributed by atoms with Crippen LogP contribution in [0.1, 0.15) is 52.4 Å². The van der Waals surface area contributed by atoms with Gasteiger partial charge in [-0.15, -0.1) is 12.4 Å². The highest BCUT2D eigenvalue weighted by Crippen LogP contribution is 2.24. The van der Waals surface area contributed by atoms with E-state index in [9.17, 15) is 4.79 Å². The first-order valence-corrected chi connectivity index (χ1v) is 9.29. The second kappa shape index (κ2) is 9.75. The van der Waals surface area contributed by atoms with Crippen molar-refractivity contribution < 1.29 is 4.79 Å². The molecular weight excluding hydrogens is 344 g/mol. The van der Waals surface area contributed by atoms with Crippen LogP contribution in [0.15, 0.2) is 48.5 Å². The van der Waals surface area contributed by atoms with Gasteiger partial charge < -0.3 is 5.32 Å². The van der Waals surface area contributed by atoms with Gasteiger partial charge in [0, 0.05) is 12.1 Å². The van der Waals surface area contributed by atoms with Crippen LogP contribution in [0.4, 0.5) is 0 Å². The van der Waals surface area contributed by atoms with Gasteiger partial charge in [-0.1, -0.05) is 53.9 Å². The molecule has 3 nitrogen and oxygen atoms in total. The number of benzene rings is 2. The van der Waals surface area contributed by atoms with Crippen LogP contribution in [0.25, 0.3) is 0 Å². The number of nitrogens with one attached hydrogen (secondary N) is 1. The number of aryl methyl sites for hydroxylation is 2. The summed E-state index contributed by atoms with van der Waals surface area (Å²) in [5, 5.41) is 3.15. The number of amides is 1. The molecule has 0 bridgehead atoms. The van der Waals surface area contributed by atoms with Gasteiger partial charge in [-0.3, -0.25) is 9.69 Å². The molecule has 0 radical (unpaired) electrons. The molecule has 0 saturated carbocycles. The standard InChI is InChI=1S/C22H28N2O.ClH/c1-17-6-10-19(11-7-17)21(24-14-4-3-5-15-24)16-23-22(25)20-12-8-18(2)9-13-20;/h6-13,21H,3-5,14-16H2,1-2H3,(H,23,25);1H. The molecular formula is C22H29ClN2O. The van der Waals surface area contributed by atoms with Crippen molar-refractivity contribution in [2.24, 2.45) is 0 Å². The van der Waals surface area contributed by atoms with Crippen LogP contribution in [-0.4, -0.2) is 30.4 Å². The molecule has 1 aliphatic rings. The van der Waals surface area contributed by atoms with E-state index in [1.165, 1.54) is 36.0 Å². The van der Waals surface area contributed by atoms with Gasteiger partial charge in [0.05, 0.1) is 6.04 Å². The number of nitrogens with zero attached hydrogens (tertiary/aromatic N) is 1. The Balaban J connectivity index is 0.00000243. The monoisotopic (exact) mass is 372 g/mol. The normalized spacial score (nSPS) is 15.8. The lowest BCUT2D eigenvalue weighted by atomic mass is 10.0. The Kier molecular flexibility index (Phi) is 7.67. The summed E-state index contributed by atoms with van der Waals surface area (Å²) in [5.41, 5.74) is 4.45. The molecule has 0 aliphatic carbocycles. The van der Waals surface area contributed by atoms with Crippen LogP contribution >= 0.6 is 12.4 Å². The molecule has 26 heavy (non-hydrogen) atoms.